The molecule has 0 radical (unpaired) electrons. The molecule has 0 atom stereocenters. The second kappa shape index (κ2) is 9.17. The number of nitrogens with zero attached hydrogens (tertiary/aromatic N) is 3. The average molecular weight is 357 g/mol. The van der Waals surface area contributed by atoms with E-state index in [1.807, 2.05) is 9.80 Å². The van der Waals surface area contributed by atoms with Gasteiger partial charge in [-0.3, -0.25) is 14.5 Å². The first-order chi connectivity index (χ1) is 12.6. The standard InChI is InChI=1S/C21H31N3O2/c1-18(25)23-15-13-22(14-16-23)10-9-21(26)24-11-7-20(8-12-24)17-19-5-3-2-4-6-19/h2-6,20H,7-17H2,1H3. The molecule has 1 aromatic carbocycles. The SMILES string of the molecule is CC(=O)N1CCN(CCC(=O)N2CCC(Cc3ccccc3)CC2)CC1. The summed E-state index contributed by atoms with van der Waals surface area (Å²) in [6.07, 6.45) is 3.95. The second-order valence-electron chi connectivity index (χ2n) is 7.61. The lowest BCUT2D eigenvalue weighted by Crippen LogP contribution is -2.49. The maximum absolute atomic E-state index is 12.5. The molecule has 2 aliphatic heterocycles. The summed E-state index contributed by atoms with van der Waals surface area (Å²) in [5.74, 6) is 1.14. The molecule has 0 N–H and O–H groups in total. The Morgan fingerprint density at radius 1 is 0.923 bits per heavy atom. The third-order valence-electron chi connectivity index (χ3n) is 5.79. The lowest BCUT2D eigenvalue weighted by atomic mass is 9.90. The first-order valence-corrected chi connectivity index (χ1v) is 9.91. The van der Waals surface area contributed by atoms with Crippen LogP contribution in [0.3, 0.4) is 0 Å². The zero-order valence-electron chi connectivity index (χ0n) is 15.9. The van der Waals surface area contributed by atoms with Gasteiger partial charge in [-0.1, -0.05) is 30.3 Å². The molecule has 3 rings (SSSR count). The molecule has 2 aliphatic rings. The molecular formula is C21H31N3O2. The molecular weight excluding hydrogens is 326 g/mol. The van der Waals surface area contributed by atoms with Crippen molar-refractivity contribution >= 4 is 11.8 Å². The van der Waals surface area contributed by atoms with Gasteiger partial charge in [0.1, 0.15) is 0 Å². The fourth-order valence-corrected chi connectivity index (χ4v) is 4.03. The number of hydrogen-bond acceptors (Lipinski definition) is 3. The van der Waals surface area contributed by atoms with Crippen LogP contribution in [0, 0.1) is 5.92 Å². The summed E-state index contributed by atoms with van der Waals surface area (Å²) in [5, 5.41) is 0. The minimum absolute atomic E-state index is 0.152. The van der Waals surface area contributed by atoms with Crippen LogP contribution < -0.4 is 0 Å². The first-order valence-electron chi connectivity index (χ1n) is 9.91. The lowest BCUT2D eigenvalue weighted by Gasteiger charge is -2.35. The van der Waals surface area contributed by atoms with Crippen molar-refractivity contribution in [3.63, 3.8) is 0 Å². The summed E-state index contributed by atoms with van der Waals surface area (Å²) < 4.78 is 0. The Kier molecular flexibility index (Phi) is 6.67. The van der Waals surface area contributed by atoms with E-state index < -0.39 is 0 Å². The average Bonchev–Trinajstić information content (AvgIpc) is 2.68. The van der Waals surface area contributed by atoms with Crippen LogP contribution in [0.1, 0.15) is 31.7 Å². The topological polar surface area (TPSA) is 43.9 Å². The Morgan fingerprint density at radius 2 is 1.58 bits per heavy atom. The monoisotopic (exact) mass is 357 g/mol. The molecule has 2 heterocycles. The zero-order chi connectivity index (χ0) is 18.4. The molecule has 5 nitrogen and oxygen atoms in total. The summed E-state index contributed by atoms with van der Waals surface area (Å²) >= 11 is 0. The number of carbonyl (C=O) groups excluding carboxylic acids is 2. The van der Waals surface area contributed by atoms with Crippen LogP contribution in [0.4, 0.5) is 0 Å². The number of hydrogen-bond donors (Lipinski definition) is 0. The van der Waals surface area contributed by atoms with E-state index in [-0.39, 0.29) is 11.8 Å². The van der Waals surface area contributed by atoms with Crippen LogP contribution in [-0.4, -0.2) is 72.3 Å². The van der Waals surface area contributed by atoms with Crippen LogP contribution >= 0.6 is 0 Å². The maximum atomic E-state index is 12.5. The highest BCUT2D eigenvalue weighted by Crippen LogP contribution is 2.22. The quantitative estimate of drug-likeness (QED) is 0.810. The van der Waals surface area contributed by atoms with Crippen molar-refractivity contribution < 1.29 is 9.59 Å². The molecule has 0 saturated carbocycles. The van der Waals surface area contributed by atoms with Gasteiger partial charge in [0.25, 0.3) is 0 Å². The van der Waals surface area contributed by atoms with Gasteiger partial charge in [-0.05, 0) is 30.7 Å². The van der Waals surface area contributed by atoms with Crippen LogP contribution in [0.15, 0.2) is 30.3 Å². The van der Waals surface area contributed by atoms with Gasteiger partial charge in [0.05, 0.1) is 0 Å². The van der Waals surface area contributed by atoms with Crippen LogP contribution in [0.5, 0.6) is 0 Å². The molecule has 0 unspecified atom stereocenters. The highest BCUT2D eigenvalue weighted by Gasteiger charge is 2.24. The Hall–Kier alpha value is -1.88. The molecule has 26 heavy (non-hydrogen) atoms. The molecule has 2 amide bonds. The molecule has 0 aromatic heterocycles. The van der Waals surface area contributed by atoms with Gasteiger partial charge in [0, 0.05) is 59.2 Å². The van der Waals surface area contributed by atoms with Crippen LogP contribution in [-0.2, 0) is 16.0 Å². The zero-order valence-corrected chi connectivity index (χ0v) is 15.9. The van der Waals surface area contributed by atoms with Gasteiger partial charge in [-0.25, -0.2) is 0 Å². The van der Waals surface area contributed by atoms with E-state index in [9.17, 15) is 9.59 Å². The highest BCUT2D eigenvalue weighted by atomic mass is 16.2. The molecule has 2 fully saturated rings. The van der Waals surface area contributed by atoms with Gasteiger partial charge in [-0.2, -0.15) is 0 Å². The highest BCUT2D eigenvalue weighted by molar-refractivity contribution is 5.76. The number of piperidine rings is 1. The molecule has 0 spiro atoms. The summed E-state index contributed by atoms with van der Waals surface area (Å²) in [4.78, 5) is 30.1. The largest absolute Gasteiger partial charge is 0.343 e. The van der Waals surface area contributed by atoms with Crippen molar-refractivity contribution in [2.45, 2.75) is 32.6 Å². The second-order valence-corrected chi connectivity index (χ2v) is 7.61. The third kappa shape index (κ3) is 5.31. The first kappa shape index (κ1) is 18.9. The van der Waals surface area contributed by atoms with Crippen molar-refractivity contribution in [1.82, 2.24) is 14.7 Å². The van der Waals surface area contributed by atoms with Crippen molar-refractivity contribution in [2.75, 3.05) is 45.8 Å². The van der Waals surface area contributed by atoms with Crippen LogP contribution in [0.2, 0.25) is 0 Å². The number of benzene rings is 1. The Bertz CT molecular complexity index is 589. The van der Waals surface area contributed by atoms with Gasteiger partial charge < -0.3 is 9.80 Å². The summed E-state index contributed by atoms with van der Waals surface area (Å²) in [5.41, 5.74) is 1.40. The smallest absolute Gasteiger partial charge is 0.223 e. The normalized spacial score (nSPS) is 19.6. The fraction of sp³-hybridized carbons (Fsp3) is 0.619. The van der Waals surface area contributed by atoms with E-state index in [4.69, 9.17) is 0 Å². The van der Waals surface area contributed by atoms with Crippen molar-refractivity contribution in [3.8, 4) is 0 Å². The minimum atomic E-state index is 0.152. The molecule has 0 aliphatic carbocycles. The van der Waals surface area contributed by atoms with E-state index in [1.54, 1.807) is 6.92 Å². The van der Waals surface area contributed by atoms with Crippen LogP contribution in [0.25, 0.3) is 0 Å². The third-order valence-corrected chi connectivity index (χ3v) is 5.79. The molecule has 142 valence electrons. The van der Waals surface area contributed by atoms with Crippen molar-refractivity contribution in [3.05, 3.63) is 35.9 Å². The molecule has 2 saturated heterocycles. The van der Waals surface area contributed by atoms with E-state index in [2.05, 4.69) is 35.2 Å². The summed E-state index contributed by atoms with van der Waals surface area (Å²) in [7, 11) is 0. The minimum Gasteiger partial charge on any atom is -0.343 e. The van der Waals surface area contributed by atoms with E-state index >= 15 is 0 Å². The number of likely N-dealkylation sites (tertiary alicyclic amines) is 1. The Labute approximate surface area is 156 Å². The Morgan fingerprint density at radius 3 is 2.19 bits per heavy atom. The van der Waals surface area contributed by atoms with E-state index in [0.717, 1.165) is 65.1 Å². The Balaban J connectivity index is 1.34. The van der Waals surface area contributed by atoms with E-state index in [0.29, 0.717) is 12.3 Å². The van der Waals surface area contributed by atoms with Gasteiger partial charge in [0.15, 0.2) is 0 Å². The summed E-state index contributed by atoms with van der Waals surface area (Å²) in [6, 6.07) is 10.7. The summed E-state index contributed by atoms with van der Waals surface area (Å²) in [6.45, 7) is 7.57. The molecule has 1 aromatic rings. The number of amides is 2. The predicted octanol–water partition coefficient (Wildman–Crippen LogP) is 2.02. The van der Waals surface area contributed by atoms with Gasteiger partial charge in [-0.15, -0.1) is 0 Å². The number of rotatable bonds is 5. The van der Waals surface area contributed by atoms with Gasteiger partial charge >= 0.3 is 0 Å². The van der Waals surface area contributed by atoms with Crippen molar-refractivity contribution in [1.29, 1.82) is 0 Å². The predicted molar refractivity (Wildman–Crippen MR) is 103 cm³/mol. The number of carbonyl (C=O) groups is 2. The molecule has 0 bridgehead atoms. The van der Waals surface area contributed by atoms with Gasteiger partial charge in [0.2, 0.25) is 11.8 Å². The maximum Gasteiger partial charge on any atom is 0.223 e. The van der Waals surface area contributed by atoms with E-state index in [1.165, 1.54) is 5.56 Å². The fourth-order valence-electron chi connectivity index (χ4n) is 4.03. The lowest BCUT2D eigenvalue weighted by molar-refractivity contribution is -0.134. The number of piperazine rings is 1. The van der Waals surface area contributed by atoms with Crippen molar-refractivity contribution in [2.24, 2.45) is 5.92 Å². The molecule has 5 heteroatoms.